The molecule has 0 radical (unpaired) electrons. The van der Waals surface area contributed by atoms with Crippen molar-refractivity contribution in [3.63, 3.8) is 0 Å². The molecule has 2 unspecified atom stereocenters. The number of likely N-dealkylation sites (tertiary alicyclic amines) is 1. The van der Waals surface area contributed by atoms with E-state index in [-0.39, 0.29) is 17.7 Å². The Kier molecular flexibility index (Phi) is 4.23. The van der Waals surface area contributed by atoms with Crippen molar-refractivity contribution in [2.45, 2.75) is 31.6 Å². The first kappa shape index (κ1) is 16.1. The Balaban J connectivity index is 1.82. The van der Waals surface area contributed by atoms with Crippen molar-refractivity contribution in [3.05, 3.63) is 23.8 Å². The van der Waals surface area contributed by atoms with Crippen LogP contribution in [0.5, 0.6) is 11.5 Å². The SMILES string of the molecule is CCOc1ccc(C(=O)N2CC3CC2CS3(=O)=O)cc1OCC. The van der Waals surface area contributed by atoms with E-state index in [1.54, 1.807) is 23.1 Å². The van der Waals surface area contributed by atoms with Crippen molar-refractivity contribution in [1.82, 2.24) is 4.90 Å². The second kappa shape index (κ2) is 6.03. The fourth-order valence-electron chi connectivity index (χ4n) is 3.29. The highest BCUT2D eigenvalue weighted by atomic mass is 32.2. The predicted octanol–water partition coefficient (Wildman–Crippen LogP) is 1.50. The van der Waals surface area contributed by atoms with Gasteiger partial charge in [0.05, 0.1) is 24.2 Å². The number of fused-ring (bicyclic) bond motifs is 2. The van der Waals surface area contributed by atoms with Gasteiger partial charge in [0, 0.05) is 18.2 Å². The molecule has 2 atom stereocenters. The molecule has 0 aromatic heterocycles. The molecule has 126 valence electrons. The van der Waals surface area contributed by atoms with Crippen LogP contribution in [0, 0.1) is 0 Å². The van der Waals surface area contributed by atoms with Crippen LogP contribution in [0.15, 0.2) is 18.2 Å². The van der Waals surface area contributed by atoms with Gasteiger partial charge in [-0.2, -0.15) is 0 Å². The Morgan fingerprint density at radius 3 is 2.48 bits per heavy atom. The van der Waals surface area contributed by atoms with Gasteiger partial charge in [-0.15, -0.1) is 0 Å². The Morgan fingerprint density at radius 2 is 1.91 bits per heavy atom. The van der Waals surface area contributed by atoms with Crippen LogP contribution >= 0.6 is 0 Å². The Morgan fingerprint density at radius 1 is 1.22 bits per heavy atom. The van der Waals surface area contributed by atoms with E-state index in [0.717, 1.165) is 0 Å². The van der Waals surface area contributed by atoms with Crippen molar-refractivity contribution >= 4 is 15.7 Å². The first-order chi connectivity index (χ1) is 11.0. The van der Waals surface area contributed by atoms with Gasteiger partial charge in [-0.3, -0.25) is 4.79 Å². The highest BCUT2D eigenvalue weighted by molar-refractivity contribution is 7.92. The highest BCUT2D eigenvalue weighted by Crippen LogP contribution is 2.35. The molecule has 0 N–H and O–H groups in total. The van der Waals surface area contributed by atoms with Crippen molar-refractivity contribution in [1.29, 1.82) is 0 Å². The summed E-state index contributed by atoms with van der Waals surface area (Å²) in [6.07, 6.45) is 0.559. The lowest BCUT2D eigenvalue weighted by Gasteiger charge is -2.27. The Bertz CT molecular complexity index is 715. The summed E-state index contributed by atoms with van der Waals surface area (Å²) >= 11 is 0. The van der Waals surface area contributed by atoms with Gasteiger partial charge in [-0.1, -0.05) is 0 Å². The summed E-state index contributed by atoms with van der Waals surface area (Å²) in [7, 11) is -3.01. The molecule has 3 rings (SSSR count). The summed E-state index contributed by atoms with van der Waals surface area (Å²) in [6.45, 7) is 5.04. The maximum absolute atomic E-state index is 12.7. The van der Waals surface area contributed by atoms with E-state index in [2.05, 4.69) is 0 Å². The summed E-state index contributed by atoms with van der Waals surface area (Å²) in [6, 6.07) is 4.92. The lowest BCUT2D eigenvalue weighted by Crippen LogP contribution is -2.44. The van der Waals surface area contributed by atoms with Gasteiger partial charge < -0.3 is 14.4 Å². The number of hydrogen-bond donors (Lipinski definition) is 0. The topological polar surface area (TPSA) is 72.9 Å². The monoisotopic (exact) mass is 339 g/mol. The number of amides is 1. The Hall–Kier alpha value is -1.76. The summed E-state index contributed by atoms with van der Waals surface area (Å²) in [5, 5.41) is -0.398. The first-order valence-electron chi connectivity index (χ1n) is 7.88. The maximum Gasteiger partial charge on any atom is 0.254 e. The van der Waals surface area contributed by atoms with Gasteiger partial charge in [0.1, 0.15) is 0 Å². The minimum absolute atomic E-state index is 0.0821. The van der Waals surface area contributed by atoms with Crippen molar-refractivity contribution in [3.8, 4) is 11.5 Å². The average molecular weight is 339 g/mol. The van der Waals surface area contributed by atoms with Crippen molar-refractivity contribution in [2.75, 3.05) is 25.5 Å². The molecule has 1 aromatic carbocycles. The Labute approximate surface area is 136 Å². The minimum atomic E-state index is -3.01. The molecule has 2 bridgehead atoms. The second-order valence-corrected chi connectivity index (χ2v) is 8.15. The van der Waals surface area contributed by atoms with Crippen LogP contribution in [-0.4, -0.2) is 56.0 Å². The molecule has 1 amide bonds. The molecule has 2 fully saturated rings. The third-order valence-corrected chi connectivity index (χ3v) is 6.57. The van der Waals surface area contributed by atoms with E-state index in [0.29, 0.717) is 43.2 Å². The molecule has 2 saturated heterocycles. The lowest BCUT2D eigenvalue weighted by molar-refractivity contribution is 0.0745. The number of sulfone groups is 1. The van der Waals surface area contributed by atoms with E-state index >= 15 is 0 Å². The molecule has 2 heterocycles. The van der Waals surface area contributed by atoms with Gasteiger partial charge in [0.25, 0.3) is 5.91 Å². The first-order valence-corrected chi connectivity index (χ1v) is 9.60. The number of hydrogen-bond acceptors (Lipinski definition) is 5. The lowest BCUT2D eigenvalue weighted by atomic mass is 10.1. The fourth-order valence-corrected chi connectivity index (χ4v) is 5.32. The number of benzene rings is 1. The molecular weight excluding hydrogens is 318 g/mol. The predicted molar refractivity (Wildman–Crippen MR) is 85.8 cm³/mol. The van der Waals surface area contributed by atoms with Crippen LogP contribution in [-0.2, 0) is 9.84 Å². The van der Waals surface area contributed by atoms with Crippen LogP contribution in [0.25, 0.3) is 0 Å². The third kappa shape index (κ3) is 2.89. The van der Waals surface area contributed by atoms with E-state index in [9.17, 15) is 13.2 Å². The highest BCUT2D eigenvalue weighted by Gasteiger charge is 2.50. The number of rotatable bonds is 5. The standard InChI is InChI=1S/C16H21NO5S/c1-3-21-14-6-5-11(7-15(14)22-4-2)16(18)17-9-13-8-12(17)10-23(13,19)20/h5-7,12-13H,3-4,8-10H2,1-2H3. The molecule has 0 saturated carbocycles. The van der Waals surface area contributed by atoms with Gasteiger partial charge in [0.15, 0.2) is 21.3 Å². The van der Waals surface area contributed by atoms with Gasteiger partial charge in [-0.25, -0.2) is 8.42 Å². The molecule has 0 spiro atoms. The zero-order valence-electron chi connectivity index (χ0n) is 13.3. The van der Waals surface area contributed by atoms with E-state index < -0.39 is 15.1 Å². The summed E-state index contributed by atoms with van der Waals surface area (Å²) in [5.41, 5.74) is 0.502. The number of nitrogens with zero attached hydrogens (tertiary/aromatic N) is 1. The second-order valence-electron chi connectivity index (χ2n) is 5.83. The van der Waals surface area contributed by atoms with Gasteiger partial charge >= 0.3 is 0 Å². The van der Waals surface area contributed by atoms with Crippen LogP contribution in [0.1, 0.15) is 30.6 Å². The van der Waals surface area contributed by atoms with E-state index in [1.807, 2.05) is 13.8 Å². The van der Waals surface area contributed by atoms with Crippen LogP contribution in [0.4, 0.5) is 0 Å². The average Bonchev–Trinajstić information content (AvgIpc) is 3.04. The van der Waals surface area contributed by atoms with Crippen LogP contribution in [0.3, 0.4) is 0 Å². The molecule has 23 heavy (non-hydrogen) atoms. The van der Waals surface area contributed by atoms with Crippen LogP contribution < -0.4 is 9.47 Å². The van der Waals surface area contributed by atoms with Crippen molar-refractivity contribution in [2.24, 2.45) is 0 Å². The van der Waals surface area contributed by atoms with Gasteiger partial charge in [0.2, 0.25) is 0 Å². The molecule has 1 aromatic rings. The summed E-state index contributed by atoms with van der Waals surface area (Å²) in [5.74, 6) is 1.09. The van der Waals surface area contributed by atoms with Crippen LogP contribution in [0.2, 0.25) is 0 Å². The quantitative estimate of drug-likeness (QED) is 0.813. The normalized spacial score (nSPS) is 24.7. The number of carbonyl (C=O) groups is 1. The largest absolute Gasteiger partial charge is 0.490 e. The molecule has 6 nitrogen and oxygen atoms in total. The molecule has 2 aliphatic rings. The maximum atomic E-state index is 12.7. The zero-order chi connectivity index (χ0) is 16.6. The van der Waals surface area contributed by atoms with E-state index in [4.69, 9.17) is 9.47 Å². The molecular formula is C16H21NO5S. The molecule has 2 aliphatic heterocycles. The summed E-state index contributed by atoms with van der Waals surface area (Å²) < 4.78 is 34.7. The number of ether oxygens (including phenoxy) is 2. The number of carbonyl (C=O) groups excluding carboxylic acids is 1. The minimum Gasteiger partial charge on any atom is -0.490 e. The zero-order valence-corrected chi connectivity index (χ0v) is 14.1. The molecule has 7 heteroatoms. The van der Waals surface area contributed by atoms with Crippen molar-refractivity contribution < 1.29 is 22.7 Å². The van der Waals surface area contributed by atoms with Gasteiger partial charge in [-0.05, 0) is 38.5 Å². The fraction of sp³-hybridized carbons (Fsp3) is 0.562. The molecule has 0 aliphatic carbocycles. The summed E-state index contributed by atoms with van der Waals surface area (Å²) in [4.78, 5) is 14.4. The third-order valence-electron chi connectivity index (χ3n) is 4.36. The van der Waals surface area contributed by atoms with E-state index in [1.165, 1.54) is 0 Å². The smallest absolute Gasteiger partial charge is 0.254 e.